The summed E-state index contributed by atoms with van der Waals surface area (Å²) >= 11 is 0. The second kappa shape index (κ2) is 16.9. The van der Waals surface area contributed by atoms with Crippen molar-refractivity contribution in [3.63, 3.8) is 0 Å². The number of hydrogen-bond acceptors (Lipinski definition) is 9. The Kier molecular flexibility index (Phi) is 13.3. The number of quaternary nitrogens is 1. The summed E-state index contributed by atoms with van der Waals surface area (Å²) in [6.45, 7) is 4.96. The van der Waals surface area contributed by atoms with Crippen LogP contribution in [0.2, 0.25) is 5.82 Å². The fourth-order valence-electron chi connectivity index (χ4n) is 5.30. The molecule has 11 nitrogen and oxygen atoms in total. The molecular formula is C31H44BN5O6. The third-order valence-electron chi connectivity index (χ3n) is 7.41. The Labute approximate surface area is 254 Å². The number of nitrogens with zero attached hydrogens (tertiary/aromatic N) is 3. The predicted octanol–water partition coefficient (Wildman–Crippen LogP) is 2.91. The molecular weight excluding hydrogens is 549 g/mol. The molecule has 0 spiro atoms. The largest absolute Gasteiger partial charge is 0.602 e. The van der Waals surface area contributed by atoms with Crippen LogP contribution in [0.5, 0.6) is 0 Å². The summed E-state index contributed by atoms with van der Waals surface area (Å²) in [4.78, 5) is 60.8. The lowest BCUT2D eigenvalue weighted by atomic mass is 9.64. The van der Waals surface area contributed by atoms with E-state index in [1.165, 1.54) is 18.6 Å². The quantitative estimate of drug-likeness (QED) is 0.130. The molecule has 2 aromatic rings. The second-order valence-electron chi connectivity index (χ2n) is 11.8. The van der Waals surface area contributed by atoms with Gasteiger partial charge in [-0.1, -0.05) is 50.6 Å². The number of benzene rings is 1. The zero-order chi connectivity index (χ0) is 31.2. The highest BCUT2D eigenvalue weighted by Gasteiger charge is 2.43. The Hall–Kier alpha value is -3.64. The van der Waals surface area contributed by atoms with E-state index in [-0.39, 0.29) is 47.8 Å². The van der Waals surface area contributed by atoms with Crippen molar-refractivity contribution in [2.75, 3.05) is 26.2 Å². The van der Waals surface area contributed by atoms with Gasteiger partial charge in [0, 0.05) is 24.6 Å². The molecule has 1 saturated heterocycles. The van der Waals surface area contributed by atoms with E-state index in [4.69, 9.17) is 15.0 Å². The van der Waals surface area contributed by atoms with Crippen LogP contribution in [0.4, 0.5) is 0 Å². The molecule has 0 aliphatic carbocycles. The maximum atomic E-state index is 13.8. The molecule has 0 unspecified atom stereocenters. The van der Waals surface area contributed by atoms with Crippen molar-refractivity contribution in [2.45, 2.75) is 70.7 Å². The fraction of sp³-hybridized carbons (Fsp3) is 0.516. The van der Waals surface area contributed by atoms with Crippen molar-refractivity contribution in [2.24, 2.45) is 11.7 Å². The normalized spacial score (nSPS) is 16.4. The number of Topliss-reactive ketones (excluding diaryl/α,β-unsaturated/α-hetero) is 1. The number of unbranched alkanes of at least 4 members (excludes halogenated alkanes) is 3. The Bertz CT molecular complexity index is 1180. The van der Waals surface area contributed by atoms with Crippen molar-refractivity contribution < 1.29 is 33.0 Å². The fourth-order valence-corrected chi connectivity index (χ4v) is 5.30. The molecule has 1 aromatic carbocycles. The van der Waals surface area contributed by atoms with Crippen LogP contribution in [0.25, 0.3) is 0 Å². The zero-order valence-electron chi connectivity index (χ0n) is 25.3. The topological polar surface area (TPSA) is 151 Å². The van der Waals surface area contributed by atoms with Crippen molar-refractivity contribution in [1.82, 2.24) is 15.3 Å². The maximum Gasteiger partial charge on any atom is 0.602 e. The lowest BCUT2D eigenvalue weighted by Gasteiger charge is -2.42. The van der Waals surface area contributed by atoms with Crippen molar-refractivity contribution in [3.05, 3.63) is 67.2 Å². The Morgan fingerprint density at radius 2 is 1.72 bits per heavy atom. The Morgan fingerprint density at radius 1 is 1.05 bits per heavy atom. The van der Waals surface area contributed by atoms with E-state index in [2.05, 4.69) is 22.3 Å². The maximum absolute atomic E-state index is 13.8. The molecule has 12 heteroatoms. The van der Waals surface area contributed by atoms with Gasteiger partial charge in [0.1, 0.15) is 5.69 Å². The highest BCUT2D eigenvalue weighted by Crippen LogP contribution is 2.29. The number of carbonyl (C=O) groups is 4. The van der Waals surface area contributed by atoms with E-state index in [0.717, 1.165) is 31.2 Å². The SMILES string of the molecule is [CH2-][N+]1(CCCCCCN)CC(=O)OB([C@@H](CC(=O)[C@H](Cc2ccccc2)NC(=O)c2cnccn2)CC(C)C)OC(=O)C1. The van der Waals surface area contributed by atoms with Crippen LogP contribution in [0.3, 0.4) is 0 Å². The van der Waals surface area contributed by atoms with Crippen LogP contribution < -0.4 is 11.1 Å². The van der Waals surface area contributed by atoms with Crippen LogP contribution in [-0.4, -0.2) is 77.4 Å². The van der Waals surface area contributed by atoms with Crippen LogP contribution in [0, 0.1) is 13.0 Å². The van der Waals surface area contributed by atoms with Gasteiger partial charge in [-0.25, -0.2) is 14.6 Å². The number of rotatable bonds is 16. The summed E-state index contributed by atoms with van der Waals surface area (Å²) in [6, 6.07) is 8.45. The van der Waals surface area contributed by atoms with E-state index < -0.39 is 36.8 Å². The van der Waals surface area contributed by atoms with Gasteiger partial charge in [0.2, 0.25) is 0 Å². The van der Waals surface area contributed by atoms with Gasteiger partial charge >= 0.3 is 19.1 Å². The number of nitrogens with two attached hydrogens (primary N) is 1. The minimum atomic E-state index is -1.22. The van der Waals surface area contributed by atoms with Gasteiger partial charge in [0.15, 0.2) is 18.9 Å². The molecule has 1 fully saturated rings. The molecule has 1 aromatic heterocycles. The number of nitrogens with one attached hydrogen (secondary N) is 1. The highest BCUT2D eigenvalue weighted by atomic mass is 16.6. The molecule has 3 N–H and O–H groups in total. The molecule has 232 valence electrons. The first-order valence-electron chi connectivity index (χ1n) is 15.0. The van der Waals surface area contributed by atoms with Gasteiger partial charge in [0.05, 0.1) is 18.8 Å². The summed E-state index contributed by atoms with van der Waals surface area (Å²) < 4.78 is 11.4. The second-order valence-corrected chi connectivity index (χ2v) is 11.8. The molecule has 43 heavy (non-hydrogen) atoms. The molecule has 3 rings (SSSR count). The first kappa shape index (κ1) is 33.9. The van der Waals surface area contributed by atoms with Gasteiger partial charge in [-0.15, -0.1) is 7.05 Å². The molecule has 0 radical (unpaired) electrons. The van der Waals surface area contributed by atoms with E-state index in [9.17, 15) is 19.2 Å². The molecule has 1 aliphatic rings. The van der Waals surface area contributed by atoms with Crippen LogP contribution >= 0.6 is 0 Å². The Morgan fingerprint density at radius 3 is 2.33 bits per heavy atom. The summed E-state index contributed by atoms with van der Waals surface area (Å²) in [5.74, 6) is -2.37. The van der Waals surface area contributed by atoms with Crippen LogP contribution in [0.1, 0.15) is 68.4 Å². The lowest BCUT2D eigenvalue weighted by molar-refractivity contribution is -0.871. The van der Waals surface area contributed by atoms with Gasteiger partial charge in [-0.05, 0) is 50.1 Å². The van der Waals surface area contributed by atoms with Crippen molar-refractivity contribution >= 4 is 30.7 Å². The first-order valence-corrected chi connectivity index (χ1v) is 15.0. The Balaban J connectivity index is 1.75. The average molecular weight is 594 g/mol. The summed E-state index contributed by atoms with van der Waals surface area (Å²) in [6.07, 6.45) is 8.44. The zero-order valence-corrected chi connectivity index (χ0v) is 25.3. The number of aromatic nitrogens is 2. The third-order valence-corrected chi connectivity index (χ3v) is 7.41. The van der Waals surface area contributed by atoms with E-state index in [1.807, 2.05) is 44.2 Å². The first-order chi connectivity index (χ1) is 20.6. The molecule has 2 atom stereocenters. The van der Waals surface area contributed by atoms with Crippen LogP contribution in [-0.2, 0) is 30.1 Å². The minimum absolute atomic E-state index is 0.0473. The average Bonchev–Trinajstić information content (AvgIpc) is 2.96. The monoisotopic (exact) mass is 593 g/mol. The predicted molar refractivity (Wildman–Crippen MR) is 162 cm³/mol. The van der Waals surface area contributed by atoms with Gasteiger partial charge < -0.3 is 24.8 Å². The van der Waals surface area contributed by atoms with Gasteiger partial charge in [0.25, 0.3) is 5.91 Å². The van der Waals surface area contributed by atoms with Crippen molar-refractivity contribution in [3.8, 4) is 0 Å². The number of hydrogen-bond donors (Lipinski definition) is 2. The third kappa shape index (κ3) is 11.5. The molecule has 0 saturated carbocycles. The van der Waals surface area contributed by atoms with Gasteiger partial charge in [-0.3, -0.25) is 14.6 Å². The summed E-state index contributed by atoms with van der Waals surface area (Å²) in [5.41, 5.74) is 6.51. The molecule has 2 heterocycles. The lowest BCUT2D eigenvalue weighted by Crippen LogP contribution is -2.55. The van der Waals surface area contributed by atoms with E-state index >= 15 is 0 Å². The van der Waals surface area contributed by atoms with Crippen LogP contribution in [0.15, 0.2) is 48.9 Å². The molecule has 0 bridgehead atoms. The number of carbonyl (C=O) groups excluding carboxylic acids is 4. The molecule has 1 amide bonds. The summed E-state index contributed by atoms with van der Waals surface area (Å²) in [7, 11) is 2.91. The number of amides is 1. The van der Waals surface area contributed by atoms with Crippen molar-refractivity contribution in [1.29, 1.82) is 0 Å². The van der Waals surface area contributed by atoms with E-state index in [0.29, 0.717) is 19.5 Å². The smallest absolute Gasteiger partial charge is 0.495 e. The minimum Gasteiger partial charge on any atom is -0.495 e. The summed E-state index contributed by atoms with van der Waals surface area (Å²) in [5, 5.41) is 2.80. The standard InChI is InChI=1S/C31H44BN5O6/c1-23(2)17-25(32-42-29(39)21-37(3,22-30(40)43-32)16-10-5-4-9-13-33)19-28(38)26(18-24-11-7-6-8-12-24)36-31(41)27-20-34-14-15-35-27/h6-8,11-12,14-15,20,23,25-26H,3-5,9-10,13,16-19,21-22,33H2,1-2H3,(H,36,41)/t25-,26+/m1/s1. The van der Waals surface area contributed by atoms with E-state index in [1.54, 1.807) is 0 Å². The van der Waals surface area contributed by atoms with Gasteiger partial charge in [-0.2, -0.15) is 0 Å². The highest BCUT2D eigenvalue weighted by molar-refractivity contribution is 6.51. The molecule has 1 aliphatic heterocycles. The number of ketones is 1.